The summed E-state index contributed by atoms with van der Waals surface area (Å²) in [7, 11) is 0. The molecule has 0 unspecified atom stereocenters. The zero-order chi connectivity index (χ0) is 20.5. The Labute approximate surface area is 186 Å². The molecule has 0 atom stereocenters. The van der Waals surface area contributed by atoms with E-state index in [4.69, 9.17) is 46.4 Å². The van der Waals surface area contributed by atoms with Gasteiger partial charge in [0.25, 0.3) is 5.91 Å². The standard InChI is InChI=1S/C21H13Cl4N3O/c22-14-2-1-3-15(23)13(14)10-20-27-18-7-4-11(8-19(18)28-20)21(29)26-12-5-6-16(24)17(25)9-12/h1-9H,10H2,(H,26,29)(H,27,28). The fraction of sp³-hybridized carbons (Fsp3) is 0.0476. The highest BCUT2D eigenvalue weighted by atomic mass is 35.5. The highest BCUT2D eigenvalue weighted by Gasteiger charge is 2.13. The lowest BCUT2D eigenvalue weighted by Gasteiger charge is -2.06. The van der Waals surface area contributed by atoms with Crippen molar-refractivity contribution in [2.45, 2.75) is 6.42 Å². The third-order valence-corrected chi connectivity index (χ3v) is 5.82. The van der Waals surface area contributed by atoms with Gasteiger partial charge < -0.3 is 10.3 Å². The number of benzene rings is 3. The molecule has 0 bridgehead atoms. The largest absolute Gasteiger partial charge is 0.342 e. The van der Waals surface area contributed by atoms with Gasteiger partial charge in [0.2, 0.25) is 0 Å². The van der Waals surface area contributed by atoms with Crippen LogP contribution in [0.5, 0.6) is 0 Å². The third-order valence-electron chi connectivity index (χ3n) is 4.38. The molecule has 0 spiro atoms. The van der Waals surface area contributed by atoms with Gasteiger partial charge in [0.05, 0.1) is 21.1 Å². The minimum absolute atomic E-state index is 0.268. The Hall–Kier alpha value is -2.24. The van der Waals surface area contributed by atoms with Crippen molar-refractivity contribution >= 4 is 69.0 Å². The van der Waals surface area contributed by atoms with Crippen molar-refractivity contribution in [1.82, 2.24) is 9.97 Å². The molecule has 0 fully saturated rings. The molecule has 0 radical (unpaired) electrons. The lowest BCUT2D eigenvalue weighted by molar-refractivity contribution is 0.102. The zero-order valence-electron chi connectivity index (χ0n) is 14.8. The van der Waals surface area contributed by atoms with Crippen LogP contribution in [0.3, 0.4) is 0 Å². The second kappa shape index (κ2) is 8.25. The Morgan fingerprint density at radius 2 is 1.66 bits per heavy atom. The van der Waals surface area contributed by atoms with Crippen LogP contribution in [0.1, 0.15) is 21.7 Å². The van der Waals surface area contributed by atoms with E-state index in [-0.39, 0.29) is 5.91 Å². The highest BCUT2D eigenvalue weighted by molar-refractivity contribution is 6.42. The van der Waals surface area contributed by atoms with E-state index in [0.717, 1.165) is 16.6 Å². The first-order chi connectivity index (χ1) is 13.9. The van der Waals surface area contributed by atoms with Crippen LogP contribution in [0, 0.1) is 0 Å². The molecule has 0 aliphatic carbocycles. The van der Waals surface area contributed by atoms with Crippen molar-refractivity contribution in [2.24, 2.45) is 0 Å². The van der Waals surface area contributed by atoms with Gasteiger partial charge in [0, 0.05) is 27.7 Å². The Morgan fingerprint density at radius 3 is 2.38 bits per heavy atom. The van der Waals surface area contributed by atoms with Crippen LogP contribution in [0.4, 0.5) is 5.69 Å². The van der Waals surface area contributed by atoms with Crippen molar-refractivity contribution in [3.8, 4) is 0 Å². The van der Waals surface area contributed by atoms with Crippen molar-refractivity contribution in [1.29, 1.82) is 0 Å². The van der Waals surface area contributed by atoms with Gasteiger partial charge in [-0.25, -0.2) is 4.98 Å². The normalized spacial score (nSPS) is 11.0. The number of aromatic amines is 1. The van der Waals surface area contributed by atoms with Gasteiger partial charge in [-0.15, -0.1) is 0 Å². The molecule has 146 valence electrons. The number of anilines is 1. The number of carbonyl (C=O) groups is 1. The molecule has 3 aromatic carbocycles. The number of amides is 1. The molecule has 0 saturated heterocycles. The van der Waals surface area contributed by atoms with Gasteiger partial charge in [-0.3, -0.25) is 4.79 Å². The van der Waals surface area contributed by atoms with E-state index in [0.29, 0.717) is 43.6 Å². The van der Waals surface area contributed by atoms with Crippen molar-refractivity contribution in [3.63, 3.8) is 0 Å². The maximum Gasteiger partial charge on any atom is 0.255 e. The fourth-order valence-corrected chi connectivity index (χ4v) is 3.76. The molecule has 2 N–H and O–H groups in total. The first-order valence-corrected chi connectivity index (χ1v) is 10.1. The Bertz CT molecular complexity index is 1220. The molecule has 29 heavy (non-hydrogen) atoms. The summed E-state index contributed by atoms with van der Waals surface area (Å²) in [6, 6.07) is 15.5. The predicted octanol–water partition coefficient (Wildman–Crippen LogP) is 7.02. The number of hydrogen-bond donors (Lipinski definition) is 2. The smallest absolute Gasteiger partial charge is 0.255 e. The molecule has 4 aromatic rings. The molecule has 1 aromatic heterocycles. The third kappa shape index (κ3) is 4.36. The van der Waals surface area contributed by atoms with Crippen LogP contribution in [-0.4, -0.2) is 15.9 Å². The van der Waals surface area contributed by atoms with Crippen LogP contribution >= 0.6 is 46.4 Å². The number of imidazole rings is 1. The summed E-state index contributed by atoms with van der Waals surface area (Å²) in [6.45, 7) is 0. The van der Waals surface area contributed by atoms with E-state index in [2.05, 4.69) is 15.3 Å². The van der Waals surface area contributed by atoms with Crippen LogP contribution < -0.4 is 5.32 Å². The summed E-state index contributed by atoms with van der Waals surface area (Å²) < 4.78 is 0. The van der Waals surface area contributed by atoms with Crippen LogP contribution in [0.2, 0.25) is 20.1 Å². The highest BCUT2D eigenvalue weighted by Crippen LogP contribution is 2.28. The topological polar surface area (TPSA) is 57.8 Å². The van der Waals surface area contributed by atoms with Crippen molar-refractivity contribution in [2.75, 3.05) is 5.32 Å². The fourth-order valence-electron chi connectivity index (χ4n) is 2.93. The number of H-pyrrole nitrogens is 1. The number of rotatable bonds is 4. The van der Waals surface area contributed by atoms with E-state index in [1.807, 2.05) is 0 Å². The summed E-state index contributed by atoms with van der Waals surface area (Å²) in [4.78, 5) is 20.4. The van der Waals surface area contributed by atoms with Gasteiger partial charge in [-0.05, 0) is 54.1 Å². The second-order valence-electron chi connectivity index (χ2n) is 6.38. The van der Waals surface area contributed by atoms with Crippen molar-refractivity contribution < 1.29 is 4.79 Å². The molecular formula is C21H13Cl4N3O. The number of fused-ring (bicyclic) bond motifs is 1. The van der Waals surface area contributed by atoms with E-state index in [1.54, 1.807) is 54.6 Å². The monoisotopic (exact) mass is 463 g/mol. The number of hydrogen-bond acceptors (Lipinski definition) is 2. The Morgan fingerprint density at radius 1 is 0.897 bits per heavy atom. The average Bonchev–Trinajstić information content (AvgIpc) is 3.09. The first-order valence-electron chi connectivity index (χ1n) is 8.58. The van der Waals surface area contributed by atoms with Gasteiger partial charge in [-0.2, -0.15) is 0 Å². The van der Waals surface area contributed by atoms with E-state index in [1.165, 1.54) is 0 Å². The Balaban J connectivity index is 1.58. The van der Waals surface area contributed by atoms with E-state index < -0.39 is 0 Å². The zero-order valence-corrected chi connectivity index (χ0v) is 17.8. The maximum atomic E-state index is 12.6. The number of nitrogens with zero attached hydrogens (tertiary/aromatic N) is 1. The molecule has 1 amide bonds. The summed E-state index contributed by atoms with van der Waals surface area (Å²) in [6.07, 6.45) is 0.456. The molecule has 4 rings (SSSR count). The van der Waals surface area contributed by atoms with E-state index in [9.17, 15) is 4.79 Å². The predicted molar refractivity (Wildman–Crippen MR) is 120 cm³/mol. The molecule has 0 aliphatic rings. The van der Waals surface area contributed by atoms with Crippen molar-refractivity contribution in [3.05, 3.63) is 91.6 Å². The quantitative estimate of drug-likeness (QED) is 0.341. The summed E-state index contributed by atoms with van der Waals surface area (Å²) >= 11 is 24.4. The molecule has 0 saturated carbocycles. The van der Waals surface area contributed by atoms with Crippen LogP contribution in [0.15, 0.2) is 54.6 Å². The minimum Gasteiger partial charge on any atom is -0.342 e. The second-order valence-corrected chi connectivity index (χ2v) is 8.00. The molecule has 8 heteroatoms. The van der Waals surface area contributed by atoms with E-state index >= 15 is 0 Å². The van der Waals surface area contributed by atoms with Crippen LogP contribution in [-0.2, 0) is 6.42 Å². The van der Waals surface area contributed by atoms with Crippen LogP contribution in [0.25, 0.3) is 11.0 Å². The summed E-state index contributed by atoms with van der Waals surface area (Å²) in [5.41, 5.74) is 3.32. The Kier molecular flexibility index (Phi) is 5.70. The average molecular weight is 465 g/mol. The first kappa shape index (κ1) is 20.0. The molecule has 4 nitrogen and oxygen atoms in total. The maximum absolute atomic E-state index is 12.6. The van der Waals surface area contributed by atoms with Gasteiger partial charge >= 0.3 is 0 Å². The number of halogens is 4. The molecule has 0 aliphatic heterocycles. The molecule has 1 heterocycles. The van der Waals surface area contributed by atoms with Gasteiger partial charge in [0.1, 0.15) is 5.82 Å². The number of aromatic nitrogens is 2. The minimum atomic E-state index is -0.268. The number of nitrogens with one attached hydrogen (secondary N) is 2. The van der Waals surface area contributed by atoms with Gasteiger partial charge in [0.15, 0.2) is 0 Å². The molecular weight excluding hydrogens is 452 g/mol. The summed E-state index contributed by atoms with van der Waals surface area (Å²) in [5.74, 6) is 0.438. The lowest BCUT2D eigenvalue weighted by Crippen LogP contribution is -2.11. The number of carbonyl (C=O) groups excluding carboxylic acids is 1. The summed E-state index contributed by atoms with van der Waals surface area (Å²) in [5, 5.41) is 4.76. The SMILES string of the molecule is O=C(Nc1ccc(Cl)c(Cl)c1)c1ccc2nc(Cc3c(Cl)cccc3Cl)[nH]c2c1. The van der Waals surface area contributed by atoms with Gasteiger partial charge in [-0.1, -0.05) is 52.5 Å². The lowest BCUT2D eigenvalue weighted by atomic mass is 10.1.